The Morgan fingerprint density at radius 3 is 1.81 bits per heavy atom. The maximum atomic E-state index is 12.2. The lowest BCUT2D eigenvalue weighted by Crippen LogP contribution is -2.71. The van der Waals surface area contributed by atoms with E-state index in [1.807, 2.05) is 0 Å². The largest absolute Gasteiger partial charge is 0.828 e. The molecule has 0 bridgehead atoms. The zero-order valence-electron chi connectivity index (χ0n) is 10.2. The Bertz CT molecular complexity index is 386. The summed E-state index contributed by atoms with van der Waals surface area (Å²) in [5.74, 6) is -3.90. The molecule has 0 heterocycles. The molecule has 0 saturated carbocycles. The smallest absolute Gasteiger partial charge is 0.399 e. The van der Waals surface area contributed by atoms with Crippen molar-refractivity contribution >= 4 is 11.9 Å². The normalized spacial score (nSPS) is 12.7. The molecule has 0 radical (unpaired) electrons. The standard InChI is InChI=1S/C10H9F6O5/c1-2-6(17)20-4-3-5-21-7(18)8(19,9(11,12)13)10(14,15)16/h2H,1,3-5H2/q-1. The minimum atomic E-state index is -6.41. The summed E-state index contributed by atoms with van der Waals surface area (Å²) >= 11 is 0. The van der Waals surface area contributed by atoms with E-state index in [4.69, 9.17) is 0 Å². The van der Waals surface area contributed by atoms with Gasteiger partial charge in [0.2, 0.25) is 0 Å². The SMILES string of the molecule is C=CC(=O)OCCCOC(=O)C([O-])(C(F)(F)F)C(F)(F)F. The average molecular weight is 323 g/mol. The van der Waals surface area contributed by atoms with Crippen LogP contribution in [0.1, 0.15) is 6.42 Å². The lowest BCUT2D eigenvalue weighted by atomic mass is 10.0. The van der Waals surface area contributed by atoms with Gasteiger partial charge in [-0.1, -0.05) is 6.58 Å². The van der Waals surface area contributed by atoms with Crippen LogP contribution in [0.5, 0.6) is 0 Å². The van der Waals surface area contributed by atoms with Gasteiger partial charge in [0.15, 0.2) is 5.60 Å². The van der Waals surface area contributed by atoms with Crippen molar-refractivity contribution in [3.63, 3.8) is 0 Å². The molecule has 0 aliphatic rings. The Labute approximate surface area is 114 Å². The van der Waals surface area contributed by atoms with E-state index in [0.717, 1.165) is 6.08 Å². The molecule has 0 atom stereocenters. The molecule has 0 unspecified atom stereocenters. The molecular formula is C10H9F6O5-. The van der Waals surface area contributed by atoms with Crippen molar-refractivity contribution in [1.29, 1.82) is 0 Å². The molecule has 11 heteroatoms. The molecule has 0 N–H and O–H groups in total. The molecule has 0 spiro atoms. The summed E-state index contributed by atoms with van der Waals surface area (Å²) in [6.07, 6.45) is -12.4. The van der Waals surface area contributed by atoms with Crippen LogP contribution in [0.3, 0.4) is 0 Å². The van der Waals surface area contributed by atoms with E-state index in [1.54, 1.807) is 0 Å². The first kappa shape index (κ1) is 19.2. The predicted octanol–water partition coefficient (Wildman–Crippen LogP) is 0.873. The lowest BCUT2D eigenvalue weighted by Gasteiger charge is -2.40. The van der Waals surface area contributed by atoms with Crippen LogP contribution < -0.4 is 5.11 Å². The topological polar surface area (TPSA) is 75.7 Å². The Hall–Kier alpha value is -1.78. The average Bonchev–Trinajstić information content (AvgIpc) is 2.33. The van der Waals surface area contributed by atoms with E-state index >= 15 is 0 Å². The molecule has 0 aromatic rings. The third-order valence-electron chi connectivity index (χ3n) is 2.02. The third kappa shape index (κ3) is 4.62. The van der Waals surface area contributed by atoms with Crippen molar-refractivity contribution in [3.8, 4) is 0 Å². The number of carbonyl (C=O) groups is 2. The highest BCUT2D eigenvalue weighted by atomic mass is 19.4. The summed E-state index contributed by atoms with van der Waals surface area (Å²) < 4.78 is 81.0. The van der Waals surface area contributed by atoms with Crippen LogP contribution in [0.15, 0.2) is 12.7 Å². The van der Waals surface area contributed by atoms with Crippen LogP contribution in [0, 0.1) is 0 Å². The molecule has 0 amide bonds. The van der Waals surface area contributed by atoms with Gasteiger partial charge in [0.25, 0.3) is 0 Å². The van der Waals surface area contributed by atoms with Crippen LogP contribution in [0.25, 0.3) is 0 Å². The van der Waals surface area contributed by atoms with Gasteiger partial charge in [0, 0.05) is 12.5 Å². The number of ether oxygens (including phenoxy) is 2. The quantitative estimate of drug-likeness (QED) is 0.314. The van der Waals surface area contributed by atoms with Gasteiger partial charge in [0.1, 0.15) is 0 Å². The van der Waals surface area contributed by atoms with Crippen molar-refractivity contribution in [3.05, 3.63) is 12.7 Å². The highest BCUT2D eigenvalue weighted by Gasteiger charge is 2.68. The van der Waals surface area contributed by atoms with Crippen molar-refractivity contribution in [1.82, 2.24) is 0 Å². The maximum Gasteiger partial charge on any atom is 0.399 e. The molecule has 0 saturated heterocycles. The first-order chi connectivity index (χ1) is 9.38. The highest BCUT2D eigenvalue weighted by Crippen LogP contribution is 2.41. The second-order valence-electron chi connectivity index (χ2n) is 3.54. The Morgan fingerprint density at radius 1 is 1.00 bits per heavy atom. The summed E-state index contributed by atoms with van der Waals surface area (Å²) in [7, 11) is 0. The van der Waals surface area contributed by atoms with Crippen molar-refractivity contribution < 1.29 is 50.5 Å². The number of esters is 2. The van der Waals surface area contributed by atoms with Gasteiger partial charge < -0.3 is 14.6 Å². The summed E-state index contributed by atoms with van der Waals surface area (Å²) in [6, 6.07) is 0. The number of carbonyl (C=O) groups excluding carboxylic acids is 2. The lowest BCUT2D eigenvalue weighted by molar-refractivity contribution is -0.574. The minimum absolute atomic E-state index is 0.392. The molecule has 0 aliphatic carbocycles. The molecule has 0 aromatic carbocycles. The number of rotatable bonds is 6. The van der Waals surface area contributed by atoms with Crippen molar-refractivity contribution in [2.24, 2.45) is 0 Å². The summed E-state index contributed by atoms with van der Waals surface area (Å²) in [4.78, 5) is 21.3. The highest BCUT2D eigenvalue weighted by molar-refractivity contribution is 5.81. The number of hydrogen-bond acceptors (Lipinski definition) is 5. The fraction of sp³-hybridized carbons (Fsp3) is 0.600. The fourth-order valence-electron chi connectivity index (χ4n) is 0.949. The van der Waals surface area contributed by atoms with Gasteiger partial charge in [-0.15, -0.1) is 0 Å². The van der Waals surface area contributed by atoms with Gasteiger partial charge in [-0.3, -0.25) is 4.79 Å². The molecule has 0 aromatic heterocycles. The van der Waals surface area contributed by atoms with Crippen LogP contribution in [0.4, 0.5) is 26.3 Å². The second kappa shape index (κ2) is 6.78. The fourth-order valence-corrected chi connectivity index (χ4v) is 0.949. The Balaban J connectivity index is 4.60. The number of halogens is 6. The van der Waals surface area contributed by atoms with E-state index in [-0.39, 0.29) is 0 Å². The van der Waals surface area contributed by atoms with E-state index in [1.165, 1.54) is 0 Å². The van der Waals surface area contributed by atoms with E-state index in [9.17, 15) is 41.0 Å². The minimum Gasteiger partial charge on any atom is -0.828 e. The molecule has 0 aliphatic heterocycles. The predicted molar refractivity (Wildman–Crippen MR) is 51.6 cm³/mol. The molecular weight excluding hydrogens is 314 g/mol. The van der Waals surface area contributed by atoms with Gasteiger partial charge in [0.05, 0.1) is 13.2 Å². The Morgan fingerprint density at radius 2 is 1.43 bits per heavy atom. The molecule has 0 fully saturated rings. The second-order valence-corrected chi connectivity index (χ2v) is 3.54. The molecule has 122 valence electrons. The number of hydrogen-bond donors (Lipinski definition) is 0. The molecule has 0 rings (SSSR count). The monoisotopic (exact) mass is 323 g/mol. The third-order valence-corrected chi connectivity index (χ3v) is 2.02. The summed E-state index contributed by atoms with van der Waals surface area (Å²) in [5, 5.41) is 10.8. The van der Waals surface area contributed by atoms with Gasteiger partial charge in [-0.25, -0.2) is 4.79 Å². The van der Waals surface area contributed by atoms with Crippen LogP contribution in [-0.2, 0) is 19.1 Å². The van der Waals surface area contributed by atoms with Gasteiger partial charge >= 0.3 is 24.3 Å². The zero-order chi connectivity index (χ0) is 16.9. The molecule has 5 nitrogen and oxygen atoms in total. The first-order valence-corrected chi connectivity index (χ1v) is 5.18. The van der Waals surface area contributed by atoms with Crippen LogP contribution in [-0.4, -0.2) is 43.1 Å². The number of alkyl halides is 6. The first-order valence-electron chi connectivity index (χ1n) is 5.18. The van der Waals surface area contributed by atoms with Gasteiger partial charge in [-0.2, -0.15) is 26.3 Å². The molecule has 21 heavy (non-hydrogen) atoms. The summed E-state index contributed by atoms with van der Waals surface area (Å²) in [6.45, 7) is 1.62. The summed E-state index contributed by atoms with van der Waals surface area (Å²) in [5.41, 5.74) is -5.86. The van der Waals surface area contributed by atoms with Crippen molar-refractivity contribution in [2.45, 2.75) is 24.4 Å². The zero-order valence-corrected chi connectivity index (χ0v) is 10.2. The Kier molecular flexibility index (Phi) is 6.21. The van der Waals surface area contributed by atoms with E-state index < -0.39 is 49.5 Å². The van der Waals surface area contributed by atoms with E-state index in [2.05, 4.69) is 16.1 Å². The van der Waals surface area contributed by atoms with Crippen molar-refractivity contribution in [2.75, 3.05) is 13.2 Å². The van der Waals surface area contributed by atoms with Crippen LogP contribution in [0.2, 0.25) is 0 Å². The maximum absolute atomic E-state index is 12.2. The van der Waals surface area contributed by atoms with Gasteiger partial charge in [-0.05, 0) is 0 Å². The van der Waals surface area contributed by atoms with E-state index in [0.29, 0.717) is 0 Å². The van der Waals surface area contributed by atoms with Crippen LogP contribution >= 0.6 is 0 Å².